The van der Waals surface area contributed by atoms with E-state index in [4.69, 9.17) is 0 Å². The standard InChI is InChI=1S/C14H13NO/c16-14(13-7-4-8-15-13)12-9-11(12)10-5-2-1-3-6-10/h1-8,11-12,15H,9H2. The van der Waals surface area contributed by atoms with Crippen LogP contribution in [-0.4, -0.2) is 10.8 Å². The van der Waals surface area contributed by atoms with Crippen LogP contribution in [0, 0.1) is 5.92 Å². The Bertz CT molecular complexity index is 487. The first kappa shape index (κ1) is 9.40. The molecule has 0 spiro atoms. The first-order chi connectivity index (χ1) is 7.86. The predicted molar refractivity (Wildman–Crippen MR) is 62.4 cm³/mol. The van der Waals surface area contributed by atoms with Gasteiger partial charge in [-0.1, -0.05) is 30.3 Å². The number of nitrogens with one attached hydrogen (secondary N) is 1. The summed E-state index contributed by atoms with van der Waals surface area (Å²) < 4.78 is 0. The quantitative estimate of drug-likeness (QED) is 0.778. The van der Waals surface area contributed by atoms with E-state index >= 15 is 0 Å². The normalized spacial score (nSPS) is 23.0. The molecule has 1 aliphatic rings. The van der Waals surface area contributed by atoms with E-state index in [9.17, 15) is 4.79 Å². The van der Waals surface area contributed by atoms with Gasteiger partial charge in [-0.15, -0.1) is 0 Å². The molecule has 1 heterocycles. The topological polar surface area (TPSA) is 32.9 Å². The molecule has 0 aliphatic heterocycles. The molecule has 1 fully saturated rings. The van der Waals surface area contributed by atoms with Crippen LogP contribution < -0.4 is 0 Å². The van der Waals surface area contributed by atoms with Crippen molar-refractivity contribution < 1.29 is 4.79 Å². The Hall–Kier alpha value is -1.83. The maximum Gasteiger partial charge on any atom is 0.182 e. The third kappa shape index (κ3) is 1.56. The molecule has 80 valence electrons. The van der Waals surface area contributed by atoms with Gasteiger partial charge in [-0.2, -0.15) is 0 Å². The summed E-state index contributed by atoms with van der Waals surface area (Å²) in [6.45, 7) is 0. The van der Waals surface area contributed by atoms with Crippen LogP contribution in [0.4, 0.5) is 0 Å². The molecule has 16 heavy (non-hydrogen) atoms. The number of hydrogen-bond donors (Lipinski definition) is 1. The van der Waals surface area contributed by atoms with Gasteiger partial charge < -0.3 is 4.98 Å². The summed E-state index contributed by atoms with van der Waals surface area (Å²) in [5.74, 6) is 0.858. The number of Topliss-reactive ketones (excluding diaryl/α,β-unsaturated/α-hetero) is 1. The molecular weight excluding hydrogens is 198 g/mol. The summed E-state index contributed by atoms with van der Waals surface area (Å²) in [4.78, 5) is 15.0. The average Bonchev–Trinajstić information content (AvgIpc) is 2.95. The van der Waals surface area contributed by atoms with Crippen molar-refractivity contribution in [2.45, 2.75) is 12.3 Å². The van der Waals surface area contributed by atoms with Crippen molar-refractivity contribution in [1.29, 1.82) is 0 Å². The Balaban J connectivity index is 1.75. The van der Waals surface area contributed by atoms with Crippen LogP contribution in [-0.2, 0) is 0 Å². The zero-order valence-corrected chi connectivity index (χ0v) is 8.89. The Morgan fingerprint density at radius 3 is 2.62 bits per heavy atom. The second-order valence-electron chi connectivity index (χ2n) is 4.31. The first-order valence-electron chi connectivity index (χ1n) is 5.59. The number of ketones is 1. The molecule has 0 saturated heterocycles. The van der Waals surface area contributed by atoms with Crippen molar-refractivity contribution in [3.63, 3.8) is 0 Å². The average molecular weight is 211 g/mol. The maximum atomic E-state index is 12.0. The highest BCUT2D eigenvalue weighted by Gasteiger charge is 2.44. The number of aromatic amines is 1. The van der Waals surface area contributed by atoms with Crippen molar-refractivity contribution in [1.82, 2.24) is 4.98 Å². The van der Waals surface area contributed by atoms with Gasteiger partial charge in [-0.25, -0.2) is 0 Å². The third-order valence-corrected chi connectivity index (χ3v) is 3.22. The largest absolute Gasteiger partial charge is 0.359 e. The molecule has 0 radical (unpaired) electrons. The number of carbonyl (C=O) groups is 1. The van der Waals surface area contributed by atoms with Gasteiger partial charge in [-0.05, 0) is 30.0 Å². The second-order valence-corrected chi connectivity index (χ2v) is 4.31. The Morgan fingerprint density at radius 1 is 1.12 bits per heavy atom. The molecule has 1 aromatic carbocycles. The van der Waals surface area contributed by atoms with Gasteiger partial charge in [0, 0.05) is 12.1 Å². The van der Waals surface area contributed by atoms with Gasteiger partial charge in [0.1, 0.15) is 0 Å². The monoisotopic (exact) mass is 211 g/mol. The van der Waals surface area contributed by atoms with Crippen molar-refractivity contribution in [3.8, 4) is 0 Å². The summed E-state index contributed by atoms with van der Waals surface area (Å²) in [5, 5.41) is 0. The highest BCUT2D eigenvalue weighted by atomic mass is 16.1. The van der Waals surface area contributed by atoms with Crippen LogP contribution in [0.2, 0.25) is 0 Å². The van der Waals surface area contributed by atoms with Crippen molar-refractivity contribution in [3.05, 3.63) is 59.9 Å². The van der Waals surface area contributed by atoms with E-state index in [2.05, 4.69) is 17.1 Å². The molecule has 2 aromatic rings. The fourth-order valence-corrected chi connectivity index (χ4v) is 2.24. The summed E-state index contributed by atoms with van der Waals surface area (Å²) in [6, 6.07) is 14.0. The summed E-state index contributed by atoms with van der Waals surface area (Å²) >= 11 is 0. The Labute approximate surface area is 94.3 Å². The molecule has 2 unspecified atom stereocenters. The third-order valence-electron chi connectivity index (χ3n) is 3.22. The van der Waals surface area contributed by atoms with E-state index in [1.165, 1.54) is 5.56 Å². The van der Waals surface area contributed by atoms with Crippen LogP contribution in [0.25, 0.3) is 0 Å². The zero-order valence-electron chi connectivity index (χ0n) is 8.89. The van der Waals surface area contributed by atoms with Gasteiger partial charge in [0.25, 0.3) is 0 Å². The number of carbonyl (C=O) groups excluding carboxylic acids is 1. The molecule has 1 aromatic heterocycles. The van der Waals surface area contributed by atoms with E-state index in [-0.39, 0.29) is 11.7 Å². The number of rotatable bonds is 3. The molecule has 1 saturated carbocycles. The minimum Gasteiger partial charge on any atom is -0.359 e. The van der Waals surface area contributed by atoms with Gasteiger partial charge >= 0.3 is 0 Å². The zero-order chi connectivity index (χ0) is 11.0. The minimum absolute atomic E-state index is 0.182. The lowest BCUT2D eigenvalue weighted by Crippen LogP contribution is -2.03. The molecule has 2 heteroatoms. The summed E-state index contributed by atoms with van der Waals surface area (Å²) in [6.07, 6.45) is 2.79. The molecule has 1 N–H and O–H groups in total. The van der Waals surface area contributed by atoms with Crippen molar-refractivity contribution >= 4 is 5.78 Å². The molecular formula is C14H13NO. The van der Waals surface area contributed by atoms with Crippen LogP contribution in [0.3, 0.4) is 0 Å². The van der Waals surface area contributed by atoms with Crippen LogP contribution >= 0.6 is 0 Å². The predicted octanol–water partition coefficient (Wildman–Crippen LogP) is 3.00. The van der Waals surface area contributed by atoms with E-state index in [0.717, 1.165) is 12.1 Å². The van der Waals surface area contributed by atoms with Crippen LogP contribution in [0.15, 0.2) is 48.7 Å². The Kier molecular flexibility index (Phi) is 2.13. The highest BCUT2D eigenvalue weighted by molar-refractivity contribution is 5.98. The molecule has 0 bridgehead atoms. The number of benzene rings is 1. The number of H-pyrrole nitrogens is 1. The molecule has 0 amide bonds. The summed E-state index contributed by atoms with van der Waals surface area (Å²) in [7, 11) is 0. The Morgan fingerprint density at radius 2 is 1.94 bits per heavy atom. The van der Waals surface area contributed by atoms with Crippen molar-refractivity contribution in [2.75, 3.05) is 0 Å². The fraction of sp³-hybridized carbons (Fsp3) is 0.214. The smallest absolute Gasteiger partial charge is 0.182 e. The van der Waals surface area contributed by atoms with Gasteiger partial charge in [-0.3, -0.25) is 4.79 Å². The van der Waals surface area contributed by atoms with Gasteiger partial charge in [0.2, 0.25) is 0 Å². The second kappa shape index (κ2) is 3.63. The highest BCUT2D eigenvalue weighted by Crippen LogP contribution is 2.48. The first-order valence-corrected chi connectivity index (χ1v) is 5.59. The lowest BCUT2D eigenvalue weighted by atomic mass is 10.1. The number of hydrogen-bond acceptors (Lipinski definition) is 1. The molecule has 3 rings (SSSR count). The van der Waals surface area contributed by atoms with Crippen molar-refractivity contribution in [2.24, 2.45) is 5.92 Å². The van der Waals surface area contributed by atoms with Gasteiger partial charge in [0.05, 0.1) is 5.69 Å². The lowest BCUT2D eigenvalue weighted by molar-refractivity contribution is 0.0961. The van der Waals surface area contributed by atoms with Crippen LogP contribution in [0.1, 0.15) is 28.4 Å². The SMILES string of the molecule is O=C(c1ccc[nH]1)C1CC1c1ccccc1. The molecule has 2 atom stereocenters. The van der Waals surface area contributed by atoms with Gasteiger partial charge in [0.15, 0.2) is 5.78 Å². The minimum atomic E-state index is 0.182. The molecule has 1 aliphatic carbocycles. The fourth-order valence-electron chi connectivity index (χ4n) is 2.24. The lowest BCUT2D eigenvalue weighted by Gasteiger charge is -1.98. The maximum absolute atomic E-state index is 12.0. The number of aromatic nitrogens is 1. The van der Waals surface area contributed by atoms with Crippen LogP contribution in [0.5, 0.6) is 0 Å². The molecule has 2 nitrogen and oxygen atoms in total. The van der Waals surface area contributed by atoms with E-state index < -0.39 is 0 Å². The van der Waals surface area contributed by atoms with E-state index in [0.29, 0.717) is 5.92 Å². The van der Waals surface area contributed by atoms with E-state index in [1.807, 2.05) is 30.3 Å². The summed E-state index contributed by atoms with van der Waals surface area (Å²) in [5.41, 5.74) is 2.02. The van der Waals surface area contributed by atoms with E-state index in [1.54, 1.807) is 6.20 Å².